The SMILES string of the molecule is CCCCCCCCCCCCCCCC(=O)Nc1cc(C)c(C)cc1NC(=O)CCCCCCCCCCCCCCC. The Balaban J connectivity index is 2.19. The number of carbonyl (C=O) groups excluding carboxylic acids is 2. The number of rotatable bonds is 30. The van der Waals surface area contributed by atoms with E-state index in [1.165, 1.54) is 141 Å². The Kier molecular flexibility index (Phi) is 26.1. The van der Waals surface area contributed by atoms with E-state index in [0.29, 0.717) is 12.8 Å². The second-order valence-electron chi connectivity index (χ2n) is 13.6. The molecule has 254 valence electrons. The van der Waals surface area contributed by atoms with Crippen LogP contribution in [0.3, 0.4) is 0 Å². The van der Waals surface area contributed by atoms with Crippen molar-refractivity contribution < 1.29 is 9.59 Å². The summed E-state index contributed by atoms with van der Waals surface area (Å²) in [5.41, 5.74) is 3.70. The van der Waals surface area contributed by atoms with E-state index in [1.54, 1.807) is 0 Å². The van der Waals surface area contributed by atoms with E-state index < -0.39 is 0 Å². The van der Waals surface area contributed by atoms with Gasteiger partial charge in [0.2, 0.25) is 11.8 Å². The number of benzene rings is 1. The molecule has 0 aromatic heterocycles. The molecular weight excluding hydrogens is 540 g/mol. The van der Waals surface area contributed by atoms with Gasteiger partial charge >= 0.3 is 0 Å². The third-order valence-electron chi connectivity index (χ3n) is 9.20. The van der Waals surface area contributed by atoms with Gasteiger partial charge in [-0.15, -0.1) is 0 Å². The van der Waals surface area contributed by atoms with E-state index in [-0.39, 0.29) is 11.8 Å². The molecule has 1 aromatic rings. The van der Waals surface area contributed by atoms with Crippen molar-refractivity contribution in [1.82, 2.24) is 0 Å². The minimum Gasteiger partial charge on any atom is -0.324 e. The van der Waals surface area contributed by atoms with Gasteiger partial charge in [-0.3, -0.25) is 9.59 Å². The van der Waals surface area contributed by atoms with E-state index in [9.17, 15) is 9.59 Å². The summed E-state index contributed by atoms with van der Waals surface area (Å²) in [6.07, 6.45) is 34.9. The molecule has 0 saturated carbocycles. The minimum absolute atomic E-state index is 0.0447. The maximum absolute atomic E-state index is 12.7. The van der Waals surface area contributed by atoms with Crippen molar-refractivity contribution >= 4 is 23.2 Å². The Morgan fingerprint density at radius 1 is 0.409 bits per heavy atom. The van der Waals surface area contributed by atoms with Crippen LogP contribution in [0.5, 0.6) is 0 Å². The van der Waals surface area contributed by atoms with Crippen molar-refractivity contribution in [3.63, 3.8) is 0 Å². The molecule has 2 amide bonds. The van der Waals surface area contributed by atoms with Gasteiger partial charge in [0.05, 0.1) is 11.4 Å². The van der Waals surface area contributed by atoms with Gasteiger partial charge in [0.15, 0.2) is 0 Å². The zero-order chi connectivity index (χ0) is 32.1. The van der Waals surface area contributed by atoms with Gasteiger partial charge < -0.3 is 10.6 Å². The second-order valence-corrected chi connectivity index (χ2v) is 13.6. The Labute approximate surface area is 273 Å². The number of aryl methyl sites for hydroxylation is 2. The van der Waals surface area contributed by atoms with Gasteiger partial charge in [-0.25, -0.2) is 0 Å². The van der Waals surface area contributed by atoms with Crippen LogP contribution in [0.15, 0.2) is 12.1 Å². The highest BCUT2D eigenvalue weighted by molar-refractivity contribution is 5.99. The Hall–Kier alpha value is -1.84. The summed E-state index contributed by atoms with van der Waals surface area (Å²) in [4.78, 5) is 25.5. The Morgan fingerprint density at radius 2 is 0.636 bits per heavy atom. The molecule has 44 heavy (non-hydrogen) atoms. The van der Waals surface area contributed by atoms with Crippen molar-refractivity contribution in [3.05, 3.63) is 23.3 Å². The van der Waals surface area contributed by atoms with E-state index in [4.69, 9.17) is 0 Å². The number of hydrogen-bond donors (Lipinski definition) is 2. The quantitative estimate of drug-likeness (QED) is 0.0849. The van der Waals surface area contributed by atoms with Crippen LogP contribution in [-0.2, 0) is 9.59 Å². The largest absolute Gasteiger partial charge is 0.324 e. The molecule has 0 aliphatic heterocycles. The van der Waals surface area contributed by atoms with E-state index >= 15 is 0 Å². The maximum Gasteiger partial charge on any atom is 0.224 e. The summed E-state index contributed by atoms with van der Waals surface area (Å²) >= 11 is 0. The lowest BCUT2D eigenvalue weighted by Crippen LogP contribution is -2.17. The smallest absolute Gasteiger partial charge is 0.224 e. The molecule has 4 nitrogen and oxygen atoms in total. The number of unbranched alkanes of at least 4 members (excludes halogenated alkanes) is 24. The number of amides is 2. The molecule has 0 aliphatic rings. The highest BCUT2D eigenvalue weighted by Crippen LogP contribution is 2.27. The molecule has 0 radical (unpaired) electrons. The second kappa shape index (κ2) is 28.6. The molecule has 0 unspecified atom stereocenters. The van der Waals surface area contributed by atoms with Gasteiger partial charge in [-0.1, -0.05) is 168 Å². The predicted octanol–water partition coefficient (Wildman–Crippen LogP) is 13.1. The molecule has 0 saturated heterocycles. The van der Waals surface area contributed by atoms with Crippen LogP contribution in [-0.4, -0.2) is 11.8 Å². The molecular formula is C40H72N2O2. The number of hydrogen-bond acceptors (Lipinski definition) is 2. The van der Waals surface area contributed by atoms with Crippen LogP contribution in [0.1, 0.15) is 205 Å². The molecule has 0 atom stereocenters. The van der Waals surface area contributed by atoms with Crippen molar-refractivity contribution in [3.8, 4) is 0 Å². The summed E-state index contributed by atoms with van der Waals surface area (Å²) in [7, 11) is 0. The standard InChI is InChI=1S/C40H72N2O2/c1-5-7-9-11-13-15-17-19-21-23-25-27-29-31-39(43)41-37-33-35(3)36(4)34-38(37)42-40(44)32-30-28-26-24-22-20-18-16-14-12-10-8-6-2/h33-34H,5-32H2,1-4H3,(H,41,43)(H,42,44). The summed E-state index contributed by atoms with van der Waals surface area (Å²) < 4.78 is 0. The molecule has 0 aliphatic carbocycles. The highest BCUT2D eigenvalue weighted by atomic mass is 16.2. The van der Waals surface area contributed by atoms with Crippen LogP contribution >= 0.6 is 0 Å². The molecule has 1 aromatic carbocycles. The fourth-order valence-electron chi connectivity index (χ4n) is 6.06. The fourth-order valence-corrected chi connectivity index (χ4v) is 6.06. The lowest BCUT2D eigenvalue weighted by molar-refractivity contribution is -0.117. The molecule has 0 heterocycles. The van der Waals surface area contributed by atoms with Gasteiger partial charge in [0, 0.05) is 12.8 Å². The number of carbonyl (C=O) groups is 2. The van der Waals surface area contributed by atoms with Crippen LogP contribution < -0.4 is 10.6 Å². The van der Waals surface area contributed by atoms with Gasteiger partial charge in [0.25, 0.3) is 0 Å². The maximum atomic E-state index is 12.7. The lowest BCUT2D eigenvalue weighted by Gasteiger charge is -2.15. The average Bonchev–Trinajstić information content (AvgIpc) is 3.00. The van der Waals surface area contributed by atoms with E-state index in [1.807, 2.05) is 12.1 Å². The topological polar surface area (TPSA) is 58.2 Å². The van der Waals surface area contributed by atoms with Crippen molar-refractivity contribution in [1.29, 1.82) is 0 Å². The van der Waals surface area contributed by atoms with E-state index in [2.05, 4.69) is 38.3 Å². The Bertz CT molecular complexity index is 781. The molecule has 0 bridgehead atoms. The van der Waals surface area contributed by atoms with Crippen molar-refractivity contribution in [2.75, 3.05) is 10.6 Å². The third-order valence-corrected chi connectivity index (χ3v) is 9.20. The molecule has 0 spiro atoms. The molecule has 4 heteroatoms. The first-order valence-electron chi connectivity index (χ1n) is 19.2. The van der Waals surface area contributed by atoms with Gasteiger partial charge in [-0.2, -0.15) is 0 Å². The monoisotopic (exact) mass is 613 g/mol. The molecule has 1 rings (SSSR count). The molecule has 2 N–H and O–H groups in total. The van der Waals surface area contributed by atoms with Crippen molar-refractivity contribution in [2.24, 2.45) is 0 Å². The fraction of sp³-hybridized carbons (Fsp3) is 0.800. The number of nitrogens with one attached hydrogen (secondary N) is 2. The van der Waals surface area contributed by atoms with Crippen LogP contribution in [0.25, 0.3) is 0 Å². The van der Waals surface area contributed by atoms with Crippen molar-refractivity contribution in [2.45, 2.75) is 207 Å². The summed E-state index contributed by atoms with van der Waals surface area (Å²) in [6, 6.07) is 4.00. The average molecular weight is 613 g/mol. The van der Waals surface area contributed by atoms with Crippen LogP contribution in [0, 0.1) is 13.8 Å². The predicted molar refractivity (Wildman–Crippen MR) is 194 cm³/mol. The zero-order valence-corrected chi connectivity index (χ0v) is 29.8. The first-order valence-corrected chi connectivity index (χ1v) is 19.2. The van der Waals surface area contributed by atoms with Crippen LogP contribution in [0.2, 0.25) is 0 Å². The number of anilines is 2. The first-order chi connectivity index (χ1) is 21.5. The first kappa shape index (κ1) is 40.2. The van der Waals surface area contributed by atoms with Gasteiger partial charge in [-0.05, 0) is 49.9 Å². The minimum atomic E-state index is 0.0447. The van der Waals surface area contributed by atoms with Crippen LogP contribution in [0.4, 0.5) is 11.4 Å². The van der Waals surface area contributed by atoms with Gasteiger partial charge in [0.1, 0.15) is 0 Å². The third kappa shape index (κ3) is 22.6. The normalized spacial score (nSPS) is 11.2. The highest BCUT2D eigenvalue weighted by Gasteiger charge is 2.12. The summed E-state index contributed by atoms with van der Waals surface area (Å²) in [5.74, 6) is 0.0895. The zero-order valence-electron chi connectivity index (χ0n) is 29.8. The Morgan fingerprint density at radius 3 is 0.886 bits per heavy atom. The lowest BCUT2D eigenvalue weighted by atomic mass is 10.0. The van der Waals surface area contributed by atoms with E-state index in [0.717, 1.165) is 48.2 Å². The molecule has 0 fully saturated rings. The summed E-state index contributed by atoms with van der Waals surface area (Å²) in [6.45, 7) is 8.65. The summed E-state index contributed by atoms with van der Waals surface area (Å²) in [5, 5.41) is 6.18.